The number of anilines is 1. The Morgan fingerprint density at radius 2 is 2.25 bits per heavy atom. The van der Waals surface area contributed by atoms with E-state index < -0.39 is 12.0 Å². The first-order chi connectivity index (χ1) is 7.52. The van der Waals surface area contributed by atoms with E-state index >= 15 is 0 Å². The van der Waals surface area contributed by atoms with Crippen molar-refractivity contribution in [2.24, 2.45) is 0 Å². The summed E-state index contributed by atoms with van der Waals surface area (Å²) in [7, 11) is 0. The highest BCUT2D eigenvalue weighted by atomic mass is 32.1. The van der Waals surface area contributed by atoms with Crippen LogP contribution in [0.1, 0.15) is 15.2 Å². The van der Waals surface area contributed by atoms with Gasteiger partial charge in [0, 0.05) is 10.4 Å². The second-order valence-electron chi connectivity index (χ2n) is 2.97. The lowest BCUT2D eigenvalue weighted by Gasteiger charge is -2.02. The summed E-state index contributed by atoms with van der Waals surface area (Å²) in [6.45, 7) is 1.47. The van der Waals surface area contributed by atoms with E-state index in [0.29, 0.717) is 16.9 Å². The molecule has 0 saturated carbocycles. The van der Waals surface area contributed by atoms with Gasteiger partial charge in [-0.3, -0.25) is 9.59 Å². The van der Waals surface area contributed by atoms with E-state index in [0.717, 1.165) is 4.88 Å². The zero-order valence-electron chi connectivity index (χ0n) is 8.44. The first kappa shape index (κ1) is 12.2. The fraction of sp³-hybridized carbons (Fsp3) is 0.222. The third-order valence-electron chi connectivity index (χ3n) is 1.66. The predicted molar refractivity (Wildman–Crippen MR) is 59.1 cm³/mol. The molecule has 1 aromatic rings. The molecule has 0 aliphatic heterocycles. The molecule has 0 fully saturated rings. The molecule has 16 heavy (non-hydrogen) atoms. The largest absolute Gasteiger partial charge is 0.465 e. The number of hydrogen-bond acceptors (Lipinski definition) is 4. The van der Waals surface area contributed by atoms with E-state index in [1.165, 1.54) is 11.3 Å². The van der Waals surface area contributed by atoms with Crippen LogP contribution < -0.4 is 10.6 Å². The van der Waals surface area contributed by atoms with Crippen molar-refractivity contribution in [1.29, 1.82) is 0 Å². The quantitative estimate of drug-likeness (QED) is 0.688. The van der Waals surface area contributed by atoms with Gasteiger partial charge in [0.25, 0.3) is 0 Å². The van der Waals surface area contributed by atoms with Gasteiger partial charge >= 0.3 is 6.09 Å². The maximum absolute atomic E-state index is 11.2. The molecular weight excluding hydrogens is 232 g/mol. The molecule has 0 bridgehead atoms. The van der Waals surface area contributed by atoms with Crippen molar-refractivity contribution in [3.8, 4) is 0 Å². The number of amides is 2. The molecule has 6 nitrogen and oxygen atoms in total. The summed E-state index contributed by atoms with van der Waals surface area (Å²) in [5.41, 5.74) is 0.395. The summed E-state index contributed by atoms with van der Waals surface area (Å²) < 4.78 is 0. The molecule has 1 rings (SSSR count). The number of thiophene rings is 1. The maximum atomic E-state index is 11.2. The minimum Gasteiger partial charge on any atom is -0.465 e. The van der Waals surface area contributed by atoms with Crippen LogP contribution >= 0.6 is 11.3 Å². The third kappa shape index (κ3) is 3.35. The Labute approximate surface area is 95.3 Å². The molecular formula is C9H10N2O4S. The molecule has 7 heteroatoms. The van der Waals surface area contributed by atoms with Gasteiger partial charge in [-0.1, -0.05) is 0 Å². The van der Waals surface area contributed by atoms with Crippen LogP contribution in [-0.4, -0.2) is 29.9 Å². The monoisotopic (exact) mass is 242 g/mol. The molecule has 0 aromatic carbocycles. The van der Waals surface area contributed by atoms with Crippen LogP contribution in [0.5, 0.6) is 0 Å². The number of aldehydes is 1. The summed E-state index contributed by atoms with van der Waals surface area (Å²) in [5.74, 6) is -0.507. The molecule has 1 aromatic heterocycles. The Kier molecular flexibility index (Phi) is 4.01. The third-order valence-corrected chi connectivity index (χ3v) is 2.65. The number of carbonyl (C=O) groups is 3. The summed E-state index contributed by atoms with van der Waals surface area (Å²) in [6.07, 6.45) is -0.628. The first-order valence-electron chi connectivity index (χ1n) is 4.35. The number of hydrogen-bond donors (Lipinski definition) is 3. The van der Waals surface area contributed by atoms with Crippen molar-refractivity contribution in [1.82, 2.24) is 5.32 Å². The number of carbonyl (C=O) groups excluding carboxylic acids is 2. The van der Waals surface area contributed by atoms with Crippen LogP contribution in [0.15, 0.2) is 6.07 Å². The number of aryl methyl sites for hydroxylation is 1. The van der Waals surface area contributed by atoms with E-state index in [1.54, 1.807) is 6.07 Å². The highest BCUT2D eigenvalue weighted by Gasteiger charge is 2.10. The van der Waals surface area contributed by atoms with Gasteiger partial charge in [-0.05, 0) is 13.0 Å². The molecule has 0 atom stereocenters. The lowest BCUT2D eigenvalue weighted by Crippen LogP contribution is -2.31. The van der Waals surface area contributed by atoms with E-state index in [4.69, 9.17) is 5.11 Å². The van der Waals surface area contributed by atoms with Gasteiger partial charge < -0.3 is 15.7 Å². The average Bonchev–Trinajstić information content (AvgIpc) is 2.55. The zero-order valence-corrected chi connectivity index (χ0v) is 9.26. The Balaban J connectivity index is 2.61. The minimum absolute atomic E-state index is 0.343. The van der Waals surface area contributed by atoms with Gasteiger partial charge in [0.05, 0.1) is 0 Å². The van der Waals surface area contributed by atoms with Crippen molar-refractivity contribution in [2.75, 3.05) is 11.9 Å². The normalized spacial score (nSPS) is 9.56. The second-order valence-corrected chi connectivity index (χ2v) is 4.22. The molecule has 86 valence electrons. The maximum Gasteiger partial charge on any atom is 0.405 e. The van der Waals surface area contributed by atoms with Crippen molar-refractivity contribution in [2.45, 2.75) is 6.92 Å². The van der Waals surface area contributed by atoms with Crippen molar-refractivity contribution in [3.63, 3.8) is 0 Å². The van der Waals surface area contributed by atoms with Crippen molar-refractivity contribution < 1.29 is 19.5 Å². The molecule has 0 aliphatic rings. The molecule has 0 radical (unpaired) electrons. The first-order valence-corrected chi connectivity index (χ1v) is 5.17. The Bertz CT molecular complexity index is 427. The van der Waals surface area contributed by atoms with Crippen LogP contribution in [0.3, 0.4) is 0 Å². The lowest BCUT2D eigenvalue weighted by molar-refractivity contribution is -0.115. The van der Waals surface area contributed by atoms with Gasteiger partial charge in [-0.2, -0.15) is 0 Å². The topological polar surface area (TPSA) is 95.5 Å². The molecule has 1 heterocycles. The fourth-order valence-electron chi connectivity index (χ4n) is 1.05. The van der Waals surface area contributed by atoms with Gasteiger partial charge in [0.2, 0.25) is 5.91 Å². The second kappa shape index (κ2) is 5.26. The minimum atomic E-state index is -1.27. The molecule has 0 aliphatic carbocycles. The van der Waals surface area contributed by atoms with Gasteiger partial charge in [-0.25, -0.2) is 4.79 Å². The summed E-state index contributed by atoms with van der Waals surface area (Å²) >= 11 is 1.26. The lowest BCUT2D eigenvalue weighted by atomic mass is 10.3. The van der Waals surface area contributed by atoms with Crippen LogP contribution in [0.2, 0.25) is 0 Å². The van der Waals surface area contributed by atoms with E-state index in [9.17, 15) is 14.4 Å². The van der Waals surface area contributed by atoms with Crippen molar-refractivity contribution in [3.05, 3.63) is 16.5 Å². The number of carboxylic acid groups (broad SMARTS) is 1. The predicted octanol–water partition coefficient (Wildman–Crippen LogP) is 1.08. The smallest absolute Gasteiger partial charge is 0.405 e. The summed E-state index contributed by atoms with van der Waals surface area (Å²) in [5, 5.41) is 13.1. The molecule has 3 N–H and O–H groups in total. The molecule has 0 saturated heterocycles. The van der Waals surface area contributed by atoms with Crippen LogP contribution in [0.25, 0.3) is 0 Å². The van der Waals surface area contributed by atoms with Crippen LogP contribution in [0.4, 0.5) is 9.80 Å². The van der Waals surface area contributed by atoms with E-state index in [-0.39, 0.29) is 6.54 Å². The van der Waals surface area contributed by atoms with E-state index in [1.807, 2.05) is 12.2 Å². The molecule has 2 amide bonds. The number of nitrogens with one attached hydrogen (secondary N) is 2. The SMILES string of the molecule is Cc1cc(C=O)c(NC(=O)CNC(=O)O)s1. The van der Waals surface area contributed by atoms with Crippen LogP contribution in [-0.2, 0) is 4.79 Å². The molecule has 0 unspecified atom stereocenters. The van der Waals surface area contributed by atoms with Gasteiger partial charge in [0.1, 0.15) is 11.5 Å². The standard InChI is InChI=1S/C9H10N2O4S/c1-5-2-6(4-12)8(16-5)11-7(13)3-10-9(14)15/h2,4,10H,3H2,1H3,(H,11,13)(H,14,15). The molecule has 0 spiro atoms. The van der Waals surface area contributed by atoms with Gasteiger partial charge in [0.15, 0.2) is 6.29 Å². The Morgan fingerprint density at radius 3 is 2.81 bits per heavy atom. The van der Waals surface area contributed by atoms with E-state index in [2.05, 4.69) is 5.32 Å². The van der Waals surface area contributed by atoms with Crippen LogP contribution in [0, 0.1) is 6.92 Å². The average molecular weight is 242 g/mol. The Hall–Kier alpha value is -1.89. The number of rotatable bonds is 4. The van der Waals surface area contributed by atoms with Crippen molar-refractivity contribution >= 4 is 34.6 Å². The highest BCUT2D eigenvalue weighted by Crippen LogP contribution is 2.25. The summed E-state index contributed by atoms with van der Waals surface area (Å²) in [6, 6.07) is 1.65. The highest BCUT2D eigenvalue weighted by molar-refractivity contribution is 7.16. The Morgan fingerprint density at radius 1 is 1.56 bits per heavy atom. The fourth-order valence-corrected chi connectivity index (χ4v) is 1.94. The zero-order chi connectivity index (χ0) is 12.1. The van der Waals surface area contributed by atoms with Gasteiger partial charge in [-0.15, -0.1) is 11.3 Å². The summed E-state index contributed by atoms with van der Waals surface area (Å²) in [4.78, 5) is 32.9.